The molecule has 2 aromatic rings. The number of methoxy groups -OCH3 is 1. The van der Waals surface area contributed by atoms with E-state index in [0.29, 0.717) is 39.1 Å². The van der Waals surface area contributed by atoms with Gasteiger partial charge in [0.2, 0.25) is 0 Å². The summed E-state index contributed by atoms with van der Waals surface area (Å²) >= 11 is 0. The van der Waals surface area contributed by atoms with Crippen molar-refractivity contribution in [3.63, 3.8) is 0 Å². The van der Waals surface area contributed by atoms with Gasteiger partial charge in [-0.05, 0) is 36.8 Å². The zero-order valence-electron chi connectivity index (χ0n) is 19.3. The molecule has 32 heavy (non-hydrogen) atoms. The average molecular weight is 441 g/mol. The minimum Gasteiger partial charge on any atom is -0.393 e. The van der Waals surface area contributed by atoms with Crippen molar-refractivity contribution in [3.05, 3.63) is 53.6 Å². The molecule has 0 saturated carbocycles. The predicted molar refractivity (Wildman–Crippen MR) is 124 cm³/mol. The van der Waals surface area contributed by atoms with Gasteiger partial charge in [-0.3, -0.25) is 0 Å². The van der Waals surface area contributed by atoms with Crippen molar-refractivity contribution in [2.45, 2.75) is 57.1 Å². The first-order chi connectivity index (χ1) is 15.6. The first-order valence-corrected chi connectivity index (χ1v) is 11.9. The number of carbonyl (C=O) groups excluding carboxylic acids is 1. The number of hydrogen-bond donors (Lipinski definition) is 1. The van der Waals surface area contributed by atoms with Crippen LogP contribution in [-0.4, -0.2) is 76.5 Å². The number of carbonyl (C=O) groups is 1. The highest BCUT2D eigenvalue weighted by atomic mass is 16.5. The van der Waals surface area contributed by atoms with Crippen LogP contribution in [0.15, 0.2) is 36.8 Å². The third-order valence-electron chi connectivity index (χ3n) is 6.94. The maximum Gasteiger partial charge on any atom is 0.320 e. The van der Waals surface area contributed by atoms with Gasteiger partial charge in [-0.25, -0.2) is 9.78 Å². The predicted octanol–water partition coefficient (Wildman–Crippen LogP) is 3.24. The molecule has 2 saturated heterocycles. The van der Waals surface area contributed by atoms with E-state index in [1.165, 1.54) is 11.1 Å². The Hall–Kier alpha value is -2.38. The van der Waals surface area contributed by atoms with Gasteiger partial charge in [-0.2, -0.15) is 0 Å². The average Bonchev–Trinajstić information content (AvgIpc) is 3.31. The summed E-state index contributed by atoms with van der Waals surface area (Å²) in [7, 11) is 1.70. The number of ether oxygens (including phenoxy) is 1. The number of nitrogens with zero attached hydrogens (tertiary/aromatic N) is 4. The molecule has 2 fully saturated rings. The van der Waals surface area contributed by atoms with E-state index in [2.05, 4.69) is 46.9 Å². The number of benzene rings is 1. The third kappa shape index (κ3) is 5.33. The van der Waals surface area contributed by atoms with Crippen LogP contribution in [0.5, 0.6) is 0 Å². The second kappa shape index (κ2) is 10.5. The van der Waals surface area contributed by atoms with Crippen molar-refractivity contribution in [1.29, 1.82) is 0 Å². The third-order valence-corrected chi connectivity index (χ3v) is 6.94. The van der Waals surface area contributed by atoms with E-state index < -0.39 is 0 Å². The van der Waals surface area contributed by atoms with Gasteiger partial charge in [-0.1, -0.05) is 31.2 Å². The zero-order chi connectivity index (χ0) is 22.5. The molecule has 1 aromatic heterocycles. The van der Waals surface area contributed by atoms with Crippen LogP contribution in [-0.2, 0) is 17.7 Å². The Morgan fingerprint density at radius 1 is 1.12 bits per heavy atom. The SMILES string of the molecule is CCc1ccc(C2CC(c3cn(CCOC)cn3)CN(C(=O)N3CCC(O)CC3)C2)cc1. The molecular formula is C25H36N4O3. The molecule has 7 nitrogen and oxygen atoms in total. The van der Waals surface area contributed by atoms with Gasteiger partial charge in [0.15, 0.2) is 0 Å². The molecule has 4 rings (SSSR count). The molecule has 2 unspecified atom stereocenters. The second-order valence-corrected chi connectivity index (χ2v) is 9.16. The normalized spacial score (nSPS) is 22.3. The van der Waals surface area contributed by atoms with E-state index in [-0.39, 0.29) is 24.0 Å². The topological polar surface area (TPSA) is 70.8 Å². The van der Waals surface area contributed by atoms with Crippen molar-refractivity contribution in [1.82, 2.24) is 19.4 Å². The number of rotatable bonds is 6. The molecule has 0 spiro atoms. The van der Waals surface area contributed by atoms with E-state index in [1.807, 2.05) is 16.1 Å². The molecule has 0 aliphatic carbocycles. The molecule has 2 aliphatic rings. The highest BCUT2D eigenvalue weighted by Crippen LogP contribution is 2.36. The summed E-state index contributed by atoms with van der Waals surface area (Å²) < 4.78 is 7.26. The van der Waals surface area contributed by atoms with Crippen LogP contribution in [0.2, 0.25) is 0 Å². The molecule has 174 valence electrons. The van der Waals surface area contributed by atoms with Crippen LogP contribution in [0.25, 0.3) is 0 Å². The number of likely N-dealkylation sites (tertiary alicyclic amines) is 2. The molecule has 2 amide bonds. The number of urea groups is 1. The van der Waals surface area contributed by atoms with Crippen LogP contribution in [0.4, 0.5) is 4.79 Å². The van der Waals surface area contributed by atoms with Crippen LogP contribution in [0.1, 0.15) is 54.8 Å². The van der Waals surface area contributed by atoms with Crippen molar-refractivity contribution >= 4 is 6.03 Å². The van der Waals surface area contributed by atoms with E-state index in [9.17, 15) is 9.90 Å². The fourth-order valence-electron chi connectivity index (χ4n) is 4.90. The van der Waals surface area contributed by atoms with Crippen molar-refractivity contribution in [2.75, 3.05) is 39.9 Å². The molecule has 0 radical (unpaired) electrons. The maximum atomic E-state index is 13.4. The quantitative estimate of drug-likeness (QED) is 0.749. The van der Waals surface area contributed by atoms with Gasteiger partial charge >= 0.3 is 6.03 Å². The summed E-state index contributed by atoms with van der Waals surface area (Å²) in [6, 6.07) is 8.95. The van der Waals surface area contributed by atoms with E-state index in [0.717, 1.165) is 31.6 Å². The number of aryl methyl sites for hydroxylation is 1. The molecule has 7 heteroatoms. The lowest BCUT2D eigenvalue weighted by molar-refractivity contribution is 0.0755. The summed E-state index contributed by atoms with van der Waals surface area (Å²) in [6.07, 6.45) is 7.02. The summed E-state index contributed by atoms with van der Waals surface area (Å²) in [6.45, 7) is 6.26. The monoisotopic (exact) mass is 440 g/mol. The summed E-state index contributed by atoms with van der Waals surface area (Å²) in [5.41, 5.74) is 3.67. The molecule has 2 atom stereocenters. The van der Waals surface area contributed by atoms with Gasteiger partial charge in [0.25, 0.3) is 0 Å². The van der Waals surface area contributed by atoms with Gasteiger partial charge in [0.05, 0.1) is 24.7 Å². The standard InChI is InChI=1S/C25H36N4O3/c1-3-19-4-6-20(7-5-19)21-14-22(24-17-27(18-26-24)12-13-32-2)16-29(15-21)25(31)28-10-8-23(30)9-11-28/h4-7,17-18,21-23,30H,3,8-16H2,1-2H3. The van der Waals surface area contributed by atoms with Crippen LogP contribution < -0.4 is 0 Å². The van der Waals surface area contributed by atoms with E-state index in [1.54, 1.807) is 7.11 Å². The van der Waals surface area contributed by atoms with Crippen LogP contribution >= 0.6 is 0 Å². The smallest absolute Gasteiger partial charge is 0.320 e. The number of aromatic nitrogens is 2. The van der Waals surface area contributed by atoms with E-state index in [4.69, 9.17) is 4.74 Å². The zero-order valence-corrected chi connectivity index (χ0v) is 19.3. The lowest BCUT2D eigenvalue weighted by Gasteiger charge is -2.41. The van der Waals surface area contributed by atoms with Gasteiger partial charge in [0, 0.05) is 57.9 Å². The number of aliphatic hydroxyl groups is 1. The van der Waals surface area contributed by atoms with Crippen molar-refractivity contribution < 1.29 is 14.6 Å². The lowest BCUT2D eigenvalue weighted by Crippen LogP contribution is -2.51. The molecular weight excluding hydrogens is 404 g/mol. The second-order valence-electron chi connectivity index (χ2n) is 9.16. The molecule has 1 N–H and O–H groups in total. The minimum atomic E-state index is -0.283. The Morgan fingerprint density at radius 3 is 2.53 bits per heavy atom. The minimum absolute atomic E-state index is 0.0931. The Labute approximate surface area is 191 Å². The molecule has 1 aromatic carbocycles. The Balaban J connectivity index is 1.54. The van der Waals surface area contributed by atoms with E-state index >= 15 is 0 Å². The van der Waals surface area contributed by atoms with Crippen molar-refractivity contribution in [2.24, 2.45) is 0 Å². The number of amides is 2. The number of piperidine rings is 2. The fourth-order valence-corrected chi connectivity index (χ4v) is 4.90. The van der Waals surface area contributed by atoms with Gasteiger partial charge in [0.1, 0.15) is 0 Å². The van der Waals surface area contributed by atoms with Gasteiger partial charge in [-0.15, -0.1) is 0 Å². The number of imidazole rings is 1. The maximum absolute atomic E-state index is 13.4. The Kier molecular flexibility index (Phi) is 7.48. The van der Waals surface area contributed by atoms with Crippen LogP contribution in [0, 0.1) is 0 Å². The first kappa shape index (κ1) is 22.8. The largest absolute Gasteiger partial charge is 0.393 e. The number of hydrogen-bond acceptors (Lipinski definition) is 4. The molecule has 0 bridgehead atoms. The first-order valence-electron chi connectivity index (χ1n) is 11.9. The Morgan fingerprint density at radius 2 is 1.84 bits per heavy atom. The van der Waals surface area contributed by atoms with Crippen LogP contribution in [0.3, 0.4) is 0 Å². The van der Waals surface area contributed by atoms with Gasteiger partial charge < -0.3 is 24.2 Å². The molecule has 2 aliphatic heterocycles. The fraction of sp³-hybridized carbons (Fsp3) is 0.600. The summed E-state index contributed by atoms with van der Waals surface area (Å²) in [5.74, 6) is 0.478. The summed E-state index contributed by atoms with van der Waals surface area (Å²) in [4.78, 5) is 22.0. The Bertz CT molecular complexity index is 874. The number of aliphatic hydroxyl groups excluding tert-OH is 1. The van der Waals surface area contributed by atoms with Crippen molar-refractivity contribution in [3.8, 4) is 0 Å². The summed E-state index contributed by atoms with van der Waals surface area (Å²) in [5, 5.41) is 9.84. The lowest BCUT2D eigenvalue weighted by atomic mass is 9.83. The highest BCUT2D eigenvalue weighted by Gasteiger charge is 2.35. The molecule has 3 heterocycles. The highest BCUT2D eigenvalue weighted by molar-refractivity contribution is 5.75.